The predicted molar refractivity (Wildman–Crippen MR) is 146 cm³/mol. The molecule has 7 nitrogen and oxygen atoms in total. The molecule has 2 amide bonds. The normalized spacial score (nSPS) is 11.7. The van der Waals surface area contributed by atoms with Gasteiger partial charge in [0.1, 0.15) is 10.7 Å². The summed E-state index contributed by atoms with van der Waals surface area (Å²) in [5, 5.41) is 2.51. The summed E-state index contributed by atoms with van der Waals surface area (Å²) in [5.41, 5.74) is -0.158. The first-order valence-corrected chi connectivity index (χ1v) is 13.8. The van der Waals surface area contributed by atoms with Crippen LogP contribution >= 0.6 is 0 Å². The van der Waals surface area contributed by atoms with Crippen LogP contribution in [0.25, 0.3) is 0 Å². The van der Waals surface area contributed by atoms with E-state index in [-0.39, 0.29) is 46.8 Å². The van der Waals surface area contributed by atoms with Gasteiger partial charge in [-0.2, -0.15) is 13.2 Å². The molecule has 40 heavy (non-hydrogen) atoms. The molecule has 0 fully saturated rings. The highest BCUT2D eigenvalue weighted by atomic mass is 32.2. The van der Waals surface area contributed by atoms with Crippen molar-refractivity contribution in [2.75, 3.05) is 5.32 Å². The molecule has 0 aromatic heterocycles. The van der Waals surface area contributed by atoms with Crippen molar-refractivity contribution in [3.63, 3.8) is 0 Å². The van der Waals surface area contributed by atoms with Gasteiger partial charge in [-0.05, 0) is 62.2 Å². The first-order valence-electron chi connectivity index (χ1n) is 12.3. The van der Waals surface area contributed by atoms with Crippen LogP contribution in [0.2, 0.25) is 0 Å². The molecule has 0 saturated heterocycles. The summed E-state index contributed by atoms with van der Waals surface area (Å²) in [6, 6.07) is 11.4. The molecule has 2 rings (SSSR count). The number of anilines is 1. The second-order valence-corrected chi connectivity index (χ2v) is 10.5. The lowest BCUT2D eigenvalue weighted by molar-refractivity contribution is -0.119. The fourth-order valence-electron chi connectivity index (χ4n) is 3.34. The molecule has 2 aromatic carbocycles. The van der Waals surface area contributed by atoms with E-state index in [1.165, 1.54) is 55.5 Å². The number of alkyl halides is 3. The molecular weight excluding hydrogens is 545 g/mol. The SMILES string of the molecule is C=C(/C=C(/C#Cc1ccc(C(=O)Nc2ccccc2S(=O)(=O)NC(=O)CCCC(C)=O)cc1)CCC)C(F)(F)F. The van der Waals surface area contributed by atoms with Gasteiger partial charge in [0.2, 0.25) is 5.91 Å². The molecule has 212 valence electrons. The molecule has 0 unspecified atom stereocenters. The van der Waals surface area contributed by atoms with Gasteiger partial charge in [-0.3, -0.25) is 9.59 Å². The Morgan fingerprint density at radius 3 is 2.25 bits per heavy atom. The van der Waals surface area contributed by atoms with Crippen molar-refractivity contribution in [3.05, 3.63) is 83.5 Å². The summed E-state index contributed by atoms with van der Waals surface area (Å²) in [5.74, 6) is 3.96. The average Bonchev–Trinajstić information content (AvgIpc) is 2.86. The Balaban J connectivity index is 2.17. The Kier molecular flexibility index (Phi) is 11.4. The number of sulfonamides is 1. The smallest absolute Gasteiger partial charge is 0.321 e. The molecule has 0 heterocycles. The van der Waals surface area contributed by atoms with E-state index in [0.717, 1.165) is 6.08 Å². The lowest BCUT2D eigenvalue weighted by Crippen LogP contribution is -2.31. The quantitative estimate of drug-likeness (QED) is 0.264. The Labute approximate surface area is 231 Å². The van der Waals surface area contributed by atoms with Gasteiger partial charge >= 0.3 is 6.18 Å². The number of allylic oxidation sites excluding steroid dienone is 3. The number of para-hydroxylation sites is 1. The highest BCUT2D eigenvalue weighted by Crippen LogP contribution is 2.26. The van der Waals surface area contributed by atoms with Gasteiger partial charge in [-0.1, -0.05) is 43.9 Å². The van der Waals surface area contributed by atoms with Crippen LogP contribution in [0.15, 0.2) is 77.2 Å². The van der Waals surface area contributed by atoms with E-state index in [9.17, 15) is 36.0 Å². The molecule has 0 bridgehead atoms. The molecule has 0 atom stereocenters. The van der Waals surface area contributed by atoms with Crippen LogP contribution < -0.4 is 10.0 Å². The second kappa shape index (κ2) is 14.3. The number of carbonyl (C=O) groups is 3. The Morgan fingerprint density at radius 1 is 1.00 bits per heavy atom. The molecule has 2 aromatic rings. The number of halogens is 3. The summed E-state index contributed by atoms with van der Waals surface area (Å²) in [6.07, 6.45) is -2.51. The summed E-state index contributed by atoms with van der Waals surface area (Å²) in [4.78, 5) is 35.6. The Morgan fingerprint density at radius 2 is 1.65 bits per heavy atom. The third-order valence-corrected chi connectivity index (χ3v) is 6.78. The van der Waals surface area contributed by atoms with Crippen LogP contribution in [-0.2, 0) is 19.6 Å². The molecular formula is C29H29F3N2O5S. The highest BCUT2D eigenvalue weighted by molar-refractivity contribution is 7.90. The van der Waals surface area contributed by atoms with E-state index in [2.05, 4.69) is 23.7 Å². The molecule has 2 N–H and O–H groups in total. The third-order valence-electron chi connectivity index (χ3n) is 5.35. The summed E-state index contributed by atoms with van der Waals surface area (Å²) < 4.78 is 65.9. The fraction of sp³-hybridized carbons (Fsp3) is 0.276. The van der Waals surface area contributed by atoms with Gasteiger partial charge in [-0.15, -0.1) is 0 Å². The number of benzene rings is 2. The third kappa shape index (κ3) is 10.2. The van der Waals surface area contributed by atoms with Crippen molar-refractivity contribution < 1.29 is 36.0 Å². The molecule has 0 saturated carbocycles. The Bertz CT molecular complexity index is 1470. The van der Waals surface area contributed by atoms with E-state index in [0.29, 0.717) is 18.4 Å². The number of carbonyl (C=O) groups excluding carboxylic acids is 3. The van der Waals surface area contributed by atoms with Gasteiger partial charge in [0.15, 0.2) is 0 Å². The molecule has 0 aliphatic rings. The van der Waals surface area contributed by atoms with Crippen LogP contribution in [0.4, 0.5) is 18.9 Å². The summed E-state index contributed by atoms with van der Waals surface area (Å²) in [7, 11) is -4.31. The molecule has 11 heteroatoms. The minimum atomic E-state index is -4.55. The molecule has 0 spiro atoms. The minimum Gasteiger partial charge on any atom is -0.321 e. The monoisotopic (exact) mass is 574 g/mol. The average molecular weight is 575 g/mol. The van der Waals surface area contributed by atoms with Gasteiger partial charge in [0.05, 0.1) is 5.69 Å². The summed E-state index contributed by atoms with van der Waals surface area (Å²) in [6.45, 7) is 6.22. The first kappa shape index (κ1) is 32.0. The largest absolute Gasteiger partial charge is 0.415 e. The molecule has 0 radical (unpaired) electrons. The van der Waals surface area contributed by atoms with Gasteiger partial charge in [0, 0.05) is 35.1 Å². The zero-order valence-electron chi connectivity index (χ0n) is 22.0. The van der Waals surface area contributed by atoms with Crippen molar-refractivity contribution in [2.24, 2.45) is 0 Å². The maximum absolute atomic E-state index is 12.8. The van der Waals surface area contributed by atoms with Crippen LogP contribution in [0, 0.1) is 11.8 Å². The van der Waals surface area contributed by atoms with E-state index in [4.69, 9.17) is 0 Å². The maximum Gasteiger partial charge on any atom is 0.415 e. The van der Waals surface area contributed by atoms with Gasteiger partial charge < -0.3 is 10.1 Å². The predicted octanol–water partition coefficient (Wildman–Crippen LogP) is 5.70. The number of ketones is 1. The lowest BCUT2D eigenvalue weighted by atomic mass is 10.1. The van der Waals surface area contributed by atoms with Crippen molar-refractivity contribution in [1.29, 1.82) is 0 Å². The zero-order valence-corrected chi connectivity index (χ0v) is 22.8. The van der Waals surface area contributed by atoms with E-state index < -0.39 is 33.6 Å². The van der Waals surface area contributed by atoms with Crippen LogP contribution in [0.1, 0.15) is 61.9 Å². The first-order chi connectivity index (χ1) is 18.7. The fourth-order valence-corrected chi connectivity index (χ4v) is 4.52. The van der Waals surface area contributed by atoms with Crippen molar-refractivity contribution in [1.82, 2.24) is 4.72 Å². The van der Waals surface area contributed by atoms with Crippen LogP contribution in [0.5, 0.6) is 0 Å². The molecule has 0 aliphatic heterocycles. The van der Waals surface area contributed by atoms with Crippen molar-refractivity contribution in [2.45, 2.75) is 57.0 Å². The lowest BCUT2D eigenvalue weighted by Gasteiger charge is -2.12. The number of nitrogens with one attached hydrogen (secondary N) is 2. The van der Waals surface area contributed by atoms with E-state index in [1.54, 1.807) is 0 Å². The standard InChI is InChI=1S/C29H29F3N2O5S/c1-4-8-23(19-20(2)29(30,31)32)14-13-22-15-17-24(18-16-22)28(37)33-25-10-5-6-11-26(25)40(38,39)34-27(36)12-7-9-21(3)35/h5-6,10-11,15-19H,2,4,7-9,12H2,1,3H3,(H,33,37)(H,34,36)/b23-19+. The van der Waals surface area contributed by atoms with Crippen molar-refractivity contribution in [3.8, 4) is 11.8 Å². The van der Waals surface area contributed by atoms with Crippen LogP contribution in [-0.4, -0.2) is 32.2 Å². The second-order valence-electron chi connectivity index (χ2n) is 8.80. The number of rotatable bonds is 11. The van der Waals surface area contributed by atoms with Gasteiger partial charge in [-0.25, -0.2) is 13.1 Å². The number of hydrogen-bond donors (Lipinski definition) is 2. The van der Waals surface area contributed by atoms with Crippen molar-refractivity contribution >= 4 is 33.3 Å². The van der Waals surface area contributed by atoms with Gasteiger partial charge in [0.25, 0.3) is 15.9 Å². The number of hydrogen-bond acceptors (Lipinski definition) is 5. The van der Waals surface area contributed by atoms with E-state index in [1.807, 2.05) is 11.6 Å². The Hall–Kier alpha value is -4.17. The minimum absolute atomic E-state index is 0.0559. The maximum atomic E-state index is 12.8. The number of Topliss-reactive ketones (excluding diaryl/α,β-unsaturated/α-hetero) is 1. The topological polar surface area (TPSA) is 109 Å². The van der Waals surface area contributed by atoms with E-state index >= 15 is 0 Å². The van der Waals surface area contributed by atoms with Crippen LogP contribution in [0.3, 0.4) is 0 Å². The summed E-state index contributed by atoms with van der Waals surface area (Å²) >= 11 is 0. The molecule has 0 aliphatic carbocycles. The highest BCUT2D eigenvalue weighted by Gasteiger charge is 2.30. The zero-order chi connectivity index (χ0) is 29.9. The number of amides is 2.